The fourth-order valence-electron chi connectivity index (χ4n) is 2.36. The molecular formula is C12H26N2O2S. The summed E-state index contributed by atoms with van der Waals surface area (Å²) in [7, 11) is -0.940. The van der Waals surface area contributed by atoms with Gasteiger partial charge in [0.25, 0.3) is 0 Å². The molecule has 0 amide bonds. The minimum absolute atomic E-state index is 0.204. The summed E-state index contributed by atoms with van der Waals surface area (Å²) >= 11 is 0. The normalized spacial score (nSPS) is 26.7. The van der Waals surface area contributed by atoms with Crippen LogP contribution in [0.3, 0.4) is 0 Å². The number of hydrogen-bond donors (Lipinski definition) is 1. The van der Waals surface area contributed by atoms with Crippen molar-refractivity contribution in [3.8, 4) is 0 Å². The van der Waals surface area contributed by atoms with Gasteiger partial charge in [0.2, 0.25) is 0 Å². The lowest BCUT2D eigenvalue weighted by molar-refractivity contribution is 0.177. The SMILES string of the molecule is CC(C)S(=O)(=O)CCN(C)C1CCCCC1N. The summed E-state index contributed by atoms with van der Waals surface area (Å²) in [6.45, 7) is 4.07. The molecule has 0 bridgehead atoms. The number of sulfone groups is 1. The Morgan fingerprint density at radius 2 is 1.88 bits per heavy atom. The molecule has 0 aliphatic heterocycles. The van der Waals surface area contributed by atoms with Crippen molar-refractivity contribution in [1.82, 2.24) is 4.90 Å². The molecule has 2 N–H and O–H groups in total. The summed E-state index contributed by atoms with van der Waals surface area (Å²) in [4.78, 5) is 2.13. The second-order valence-corrected chi connectivity index (χ2v) is 8.09. The van der Waals surface area contributed by atoms with Crippen molar-refractivity contribution in [2.75, 3.05) is 19.3 Å². The van der Waals surface area contributed by atoms with Crippen LogP contribution in [-0.4, -0.2) is 50.0 Å². The Bertz CT molecular complexity index is 327. The Labute approximate surface area is 105 Å². The molecule has 0 spiro atoms. The summed E-state index contributed by atoms with van der Waals surface area (Å²) in [5.41, 5.74) is 6.09. The Morgan fingerprint density at radius 1 is 1.29 bits per heavy atom. The van der Waals surface area contributed by atoms with Crippen molar-refractivity contribution >= 4 is 9.84 Å². The lowest BCUT2D eigenvalue weighted by Gasteiger charge is -2.36. The van der Waals surface area contributed by atoms with Gasteiger partial charge in [0.15, 0.2) is 9.84 Å². The van der Waals surface area contributed by atoms with Gasteiger partial charge in [-0.1, -0.05) is 12.8 Å². The van der Waals surface area contributed by atoms with Crippen LogP contribution >= 0.6 is 0 Å². The van der Waals surface area contributed by atoms with Gasteiger partial charge in [-0.2, -0.15) is 0 Å². The molecule has 1 rings (SSSR count). The predicted molar refractivity (Wildman–Crippen MR) is 71.8 cm³/mol. The van der Waals surface area contributed by atoms with E-state index in [0.29, 0.717) is 12.6 Å². The minimum atomic E-state index is -2.93. The maximum absolute atomic E-state index is 11.7. The van der Waals surface area contributed by atoms with Gasteiger partial charge >= 0.3 is 0 Å². The van der Waals surface area contributed by atoms with E-state index in [9.17, 15) is 8.42 Å². The first kappa shape index (κ1) is 14.9. The molecule has 2 unspecified atom stereocenters. The van der Waals surface area contributed by atoms with Crippen LogP contribution in [0.1, 0.15) is 39.5 Å². The van der Waals surface area contributed by atoms with Crippen LogP contribution in [0.4, 0.5) is 0 Å². The van der Waals surface area contributed by atoms with E-state index in [0.717, 1.165) is 12.8 Å². The van der Waals surface area contributed by atoms with Gasteiger partial charge in [0, 0.05) is 18.6 Å². The standard InChI is InChI=1S/C12H26N2O2S/c1-10(2)17(15,16)9-8-14(3)12-7-5-4-6-11(12)13/h10-12H,4-9,13H2,1-3H3. The van der Waals surface area contributed by atoms with Crippen molar-refractivity contribution in [2.24, 2.45) is 5.73 Å². The van der Waals surface area contributed by atoms with Gasteiger partial charge in [0.05, 0.1) is 11.0 Å². The first-order valence-corrected chi connectivity index (χ1v) is 8.23. The van der Waals surface area contributed by atoms with E-state index in [2.05, 4.69) is 4.90 Å². The van der Waals surface area contributed by atoms with Gasteiger partial charge in [-0.25, -0.2) is 8.42 Å². The second-order valence-electron chi connectivity index (χ2n) is 5.41. The lowest BCUT2D eigenvalue weighted by atomic mass is 9.90. The zero-order valence-electron chi connectivity index (χ0n) is 11.2. The Kier molecular flexibility index (Phi) is 5.41. The van der Waals surface area contributed by atoms with E-state index >= 15 is 0 Å². The van der Waals surface area contributed by atoms with Gasteiger partial charge in [-0.15, -0.1) is 0 Å². The maximum atomic E-state index is 11.7. The van der Waals surface area contributed by atoms with Gasteiger partial charge < -0.3 is 10.6 Å². The molecule has 0 radical (unpaired) electrons. The van der Waals surface area contributed by atoms with Crippen LogP contribution in [0.15, 0.2) is 0 Å². The van der Waals surface area contributed by atoms with Crippen LogP contribution in [0.2, 0.25) is 0 Å². The van der Waals surface area contributed by atoms with E-state index in [4.69, 9.17) is 5.73 Å². The maximum Gasteiger partial charge on any atom is 0.153 e. The molecule has 1 fully saturated rings. The van der Waals surface area contributed by atoms with Gasteiger partial charge in [-0.3, -0.25) is 0 Å². The molecule has 1 saturated carbocycles. The zero-order chi connectivity index (χ0) is 13.1. The second kappa shape index (κ2) is 6.16. The molecule has 0 aromatic carbocycles. The molecule has 17 heavy (non-hydrogen) atoms. The van der Waals surface area contributed by atoms with Gasteiger partial charge in [-0.05, 0) is 33.7 Å². The van der Waals surface area contributed by atoms with Crippen LogP contribution in [-0.2, 0) is 9.84 Å². The Balaban J connectivity index is 2.46. The average Bonchev–Trinajstić information content (AvgIpc) is 2.26. The van der Waals surface area contributed by atoms with Crippen molar-refractivity contribution in [2.45, 2.75) is 56.9 Å². The first-order chi connectivity index (χ1) is 7.84. The number of rotatable bonds is 5. The number of nitrogens with two attached hydrogens (primary N) is 1. The number of hydrogen-bond acceptors (Lipinski definition) is 4. The fraction of sp³-hybridized carbons (Fsp3) is 1.00. The third-order valence-corrected chi connectivity index (χ3v) is 5.98. The largest absolute Gasteiger partial charge is 0.326 e. The summed E-state index contributed by atoms with van der Waals surface area (Å²) in [5, 5.41) is -0.282. The molecule has 1 aliphatic rings. The highest BCUT2D eigenvalue weighted by Gasteiger charge is 2.26. The van der Waals surface area contributed by atoms with Crippen LogP contribution in [0, 0.1) is 0 Å². The highest BCUT2D eigenvalue weighted by molar-refractivity contribution is 7.92. The van der Waals surface area contributed by atoms with Crippen molar-refractivity contribution < 1.29 is 8.42 Å². The molecule has 0 aromatic rings. The van der Waals surface area contributed by atoms with E-state index < -0.39 is 9.84 Å². The molecule has 4 nitrogen and oxygen atoms in total. The third-order valence-electron chi connectivity index (χ3n) is 3.79. The number of likely N-dealkylation sites (N-methyl/N-ethyl adjacent to an activating group) is 1. The van der Waals surface area contributed by atoms with Crippen molar-refractivity contribution in [3.05, 3.63) is 0 Å². The molecule has 1 aliphatic carbocycles. The monoisotopic (exact) mass is 262 g/mol. The summed E-state index contributed by atoms with van der Waals surface area (Å²) in [6, 6.07) is 0.557. The number of nitrogens with zero attached hydrogens (tertiary/aromatic N) is 1. The fourth-order valence-corrected chi connectivity index (χ4v) is 3.37. The smallest absolute Gasteiger partial charge is 0.153 e. The van der Waals surface area contributed by atoms with Crippen LogP contribution < -0.4 is 5.73 Å². The molecule has 102 valence electrons. The van der Waals surface area contributed by atoms with Gasteiger partial charge in [0.1, 0.15) is 0 Å². The Morgan fingerprint density at radius 3 is 2.41 bits per heavy atom. The topological polar surface area (TPSA) is 63.4 Å². The molecule has 0 heterocycles. The van der Waals surface area contributed by atoms with Crippen LogP contribution in [0.5, 0.6) is 0 Å². The minimum Gasteiger partial charge on any atom is -0.326 e. The summed E-state index contributed by atoms with van der Waals surface area (Å²) in [6.07, 6.45) is 4.57. The zero-order valence-corrected chi connectivity index (χ0v) is 12.0. The van der Waals surface area contributed by atoms with Crippen molar-refractivity contribution in [1.29, 1.82) is 0 Å². The third kappa shape index (κ3) is 4.23. The Hall–Kier alpha value is -0.130. The van der Waals surface area contributed by atoms with E-state index in [1.54, 1.807) is 13.8 Å². The lowest BCUT2D eigenvalue weighted by Crippen LogP contribution is -2.49. The molecular weight excluding hydrogens is 236 g/mol. The summed E-state index contributed by atoms with van der Waals surface area (Å²) in [5.74, 6) is 0.240. The first-order valence-electron chi connectivity index (χ1n) is 6.52. The summed E-state index contributed by atoms with van der Waals surface area (Å²) < 4.78 is 23.5. The van der Waals surface area contributed by atoms with Crippen LogP contribution in [0.25, 0.3) is 0 Å². The quantitative estimate of drug-likeness (QED) is 0.803. The van der Waals surface area contributed by atoms with E-state index in [-0.39, 0.29) is 17.0 Å². The highest BCUT2D eigenvalue weighted by atomic mass is 32.2. The van der Waals surface area contributed by atoms with E-state index in [1.807, 2.05) is 7.05 Å². The molecule has 5 heteroatoms. The average molecular weight is 262 g/mol. The highest BCUT2D eigenvalue weighted by Crippen LogP contribution is 2.21. The molecule has 0 aromatic heterocycles. The molecule has 2 atom stereocenters. The molecule has 0 saturated heterocycles. The van der Waals surface area contributed by atoms with Crippen molar-refractivity contribution in [3.63, 3.8) is 0 Å². The van der Waals surface area contributed by atoms with E-state index in [1.165, 1.54) is 12.8 Å². The predicted octanol–water partition coefficient (Wildman–Crippen LogP) is 1.01.